The molecule has 3 aromatic rings. The first-order valence-corrected chi connectivity index (χ1v) is 12.7. The molecule has 0 bridgehead atoms. The highest BCUT2D eigenvalue weighted by Crippen LogP contribution is 2.31. The average Bonchev–Trinajstić information content (AvgIpc) is 3.20. The largest absolute Gasteiger partial charge is 0.497 e. The Bertz CT molecular complexity index is 1230. The first-order chi connectivity index (χ1) is 16.1. The molecule has 1 atom stereocenters. The molecule has 1 unspecified atom stereocenters. The van der Waals surface area contributed by atoms with Crippen LogP contribution in [0.15, 0.2) is 42.6 Å². The fraction of sp³-hybridized carbons (Fsp3) is 0.407. The van der Waals surface area contributed by atoms with Gasteiger partial charge in [-0.2, -0.15) is 0 Å². The average molecular weight is 461 g/mol. The van der Waals surface area contributed by atoms with Crippen LogP contribution in [0.1, 0.15) is 47.3 Å². The van der Waals surface area contributed by atoms with E-state index in [0.29, 0.717) is 12.0 Å². The topological polar surface area (TPSA) is 50.3 Å². The van der Waals surface area contributed by atoms with Gasteiger partial charge in [-0.3, -0.25) is 4.98 Å². The van der Waals surface area contributed by atoms with Gasteiger partial charge in [0, 0.05) is 49.1 Å². The molecule has 2 aliphatic rings. The Balaban J connectivity index is 1.43. The van der Waals surface area contributed by atoms with E-state index in [0.717, 1.165) is 55.7 Å². The molecule has 0 radical (unpaired) electrons. The molecule has 0 amide bonds. The summed E-state index contributed by atoms with van der Waals surface area (Å²) in [4.78, 5) is 13.9. The Morgan fingerprint density at radius 1 is 1.21 bits per heavy atom. The second kappa shape index (κ2) is 9.65. The minimum Gasteiger partial charge on any atom is -0.497 e. The van der Waals surface area contributed by atoms with Gasteiger partial charge in [-0.15, -0.1) is 11.3 Å². The Labute approximate surface area is 199 Å². The van der Waals surface area contributed by atoms with Gasteiger partial charge in [0.1, 0.15) is 11.4 Å². The number of piperazine rings is 1. The minimum atomic E-state index is 0.430. The zero-order valence-corrected chi connectivity index (χ0v) is 20.5. The maximum Gasteiger partial charge on any atom is 0.118 e. The lowest BCUT2D eigenvalue weighted by Gasteiger charge is -2.36. The van der Waals surface area contributed by atoms with Gasteiger partial charge in [-0.1, -0.05) is 38.1 Å². The number of thiazole rings is 1. The molecule has 1 N–H and O–H groups in total. The molecule has 33 heavy (non-hydrogen) atoms. The van der Waals surface area contributed by atoms with Crippen LogP contribution in [0.5, 0.6) is 5.75 Å². The summed E-state index contributed by atoms with van der Waals surface area (Å²) in [6.45, 7) is 7.37. The van der Waals surface area contributed by atoms with Crippen LogP contribution in [0.25, 0.3) is 11.8 Å². The highest BCUT2D eigenvalue weighted by Gasteiger charge is 2.27. The number of aromatic nitrogens is 2. The molecule has 1 aliphatic carbocycles. The second-order valence-corrected chi connectivity index (χ2v) is 10.3. The molecule has 6 heteroatoms. The summed E-state index contributed by atoms with van der Waals surface area (Å²) in [6, 6.07) is 13.1. The zero-order valence-electron chi connectivity index (χ0n) is 19.7. The first kappa shape index (κ1) is 22.1. The summed E-state index contributed by atoms with van der Waals surface area (Å²) in [7, 11) is 1.71. The SMILES string of the molecule is COc1ccc(CCC2CN(C3=c4ncccc4=CCc4sc(C(C)C)nc43)CCN2)cc1. The summed E-state index contributed by atoms with van der Waals surface area (Å²) in [5.74, 6) is 1.35. The predicted octanol–water partition coefficient (Wildman–Crippen LogP) is 3.07. The monoisotopic (exact) mass is 460 g/mol. The van der Waals surface area contributed by atoms with Crippen LogP contribution in [0, 0.1) is 0 Å². The lowest BCUT2D eigenvalue weighted by Crippen LogP contribution is -2.52. The summed E-state index contributed by atoms with van der Waals surface area (Å²) >= 11 is 1.86. The molecule has 0 spiro atoms. The summed E-state index contributed by atoms with van der Waals surface area (Å²) in [5.41, 5.74) is 3.71. The molecule has 1 aromatic carbocycles. The molecule has 0 saturated carbocycles. The number of aryl methyl sites for hydroxylation is 1. The Morgan fingerprint density at radius 3 is 2.85 bits per heavy atom. The van der Waals surface area contributed by atoms with Crippen LogP contribution in [0.2, 0.25) is 0 Å². The van der Waals surface area contributed by atoms with Crippen molar-refractivity contribution in [2.75, 3.05) is 26.7 Å². The standard InChI is InChI=1S/C27H32N4OS/c1-18(2)27-30-25-23(33-27)13-9-20-5-4-14-29-24(20)26(25)31-16-15-28-21(17-31)10-6-19-7-11-22(32-3)12-8-19/h4-5,7-9,11-12,14,18,21,28H,6,10,13,15-17H2,1-3H3. The van der Waals surface area contributed by atoms with E-state index in [1.165, 1.54) is 26.4 Å². The van der Waals surface area contributed by atoms with E-state index in [1.54, 1.807) is 7.11 Å². The number of hydrogen-bond acceptors (Lipinski definition) is 6. The lowest BCUT2D eigenvalue weighted by molar-refractivity contribution is 0.267. The zero-order chi connectivity index (χ0) is 22.8. The molecular weight excluding hydrogens is 428 g/mol. The lowest BCUT2D eigenvalue weighted by atomic mass is 10.0. The van der Waals surface area contributed by atoms with Crippen molar-refractivity contribution in [2.24, 2.45) is 0 Å². The van der Waals surface area contributed by atoms with Gasteiger partial charge < -0.3 is 15.0 Å². The Kier molecular flexibility index (Phi) is 6.47. The van der Waals surface area contributed by atoms with E-state index < -0.39 is 0 Å². The van der Waals surface area contributed by atoms with Crippen molar-refractivity contribution in [2.45, 2.75) is 45.1 Å². The molecule has 1 aliphatic heterocycles. The fourth-order valence-electron chi connectivity index (χ4n) is 4.69. The smallest absolute Gasteiger partial charge is 0.118 e. The number of rotatable bonds is 6. The summed E-state index contributed by atoms with van der Waals surface area (Å²) in [6.07, 6.45) is 7.30. The van der Waals surface area contributed by atoms with Gasteiger partial charge in [0.05, 0.1) is 23.2 Å². The van der Waals surface area contributed by atoms with Gasteiger partial charge in [-0.05, 0) is 41.8 Å². The van der Waals surface area contributed by atoms with Crippen molar-refractivity contribution < 1.29 is 4.74 Å². The van der Waals surface area contributed by atoms with Gasteiger partial charge in [0.15, 0.2) is 0 Å². The van der Waals surface area contributed by atoms with E-state index in [1.807, 2.05) is 35.7 Å². The van der Waals surface area contributed by atoms with E-state index >= 15 is 0 Å². The molecule has 1 fully saturated rings. The van der Waals surface area contributed by atoms with Crippen molar-refractivity contribution >= 4 is 23.1 Å². The third-order valence-corrected chi connectivity index (χ3v) is 7.89. The summed E-state index contributed by atoms with van der Waals surface area (Å²) < 4.78 is 5.29. The van der Waals surface area contributed by atoms with E-state index in [-0.39, 0.29) is 0 Å². The van der Waals surface area contributed by atoms with Gasteiger partial charge >= 0.3 is 0 Å². The Hall–Kier alpha value is -2.70. The van der Waals surface area contributed by atoms with Crippen LogP contribution in [0.3, 0.4) is 0 Å². The van der Waals surface area contributed by atoms with Crippen LogP contribution in [-0.2, 0) is 12.8 Å². The van der Waals surface area contributed by atoms with Crippen LogP contribution < -0.4 is 20.6 Å². The Morgan fingerprint density at radius 2 is 2.06 bits per heavy atom. The molecule has 1 saturated heterocycles. The third kappa shape index (κ3) is 4.68. The van der Waals surface area contributed by atoms with Crippen molar-refractivity contribution in [3.8, 4) is 5.75 Å². The molecule has 5 rings (SSSR count). The minimum absolute atomic E-state index is 0.430. The number of hydrogen-bond donors (Lipinski definition) is 1. The number of nitrogens with zero attached hydrogens (tertiary/aromatic N) is 3. The van der Waals surface area contributed by atoms with Crippen molar-refractivity contribution in [3.05, 3.63) is 74.3 Å². The highest BCUT2D eigenvalue weighted by atomic mass is 32.1. The van der Waals surface area contributed by atoms with Crippen molar-refractivity contribution in [1.29, 1.82) is 0 Å². The number of fused-ring (bicyclic) bond motifs is 2. The van der Waals surface area contributed by atoms with Gasteiger partial charge in [0.2, 0.25) is 0 Å². The van der Waals surface area contributed by atoms with Gasteiger partial charge in [-0.25, -0.2) is 4.98 Å². The van der Waals surface area contributed by atoms with Crippen LogP contribution in [-0.4, -0.2) is 47.7 Å². The first-order valence-electron chi connectivity index (χ1n) is 11.9. The molecule has 3 heterocycles. The number of pyridine rings is 1. The number of ether oxygens (including phenoxy) is 1. The number of nitrogens with one attached hydrogen (secondary N) is 1. The quantitative estimate of drug-likeness (QED) is 0.613. The van der Waals surface area contributed by atoms with Crippen molar-refractivity contribution in [3.63, 3.8) is 0 Å². The summed E-state index contributed by atoms with van der Waals surface area (Å²) in [5, 5.41) is 7.26. The maximum absolute atomic E-state index is 5.29. The van der Waals surface area contributed by atoms with Crippen molar-refractivity contribution in [1.82, 2.24) is 20.2 Å². The van der Waals surface area contributed by atoms with E-state index in [4.69, 9.17) is 14.7 Å². The third-order valence-electron chi connectivity index (χ3n) is 6.51. The highest BCUT2D eigenvalue weighted by molar-refractivity contribution is 7.12. The maximum atomic E-state index is 5.29. The predicted molar refractivity (Wildman–Crippen MR) is 135 cm³/mol. The second-order valence-electron chi connectivity index (χ2n) is 9.16. The fourth-order valence-corrected chi connectivity index (χ4v) is 5.72. The normalized spacial score (nSPS) is 17.9. The van der Waals surface area contributed by atoms with Gasteiger partial charge in [0.25, 0.3) is 0 Å². The van der Waals surface area contributed by atoms with E-state index in [9.17, 15) is 0 Å². The van der Waals surface area contributed by atoms with Crippen LogP contribution in [0.4, 0.5) is 0 Å². The number of methoxy groups -OCH3 is 1. The molecule has 5 nitrogen and oxygen atoms in total. The molecular formula is C27H32N4OS. The molecule has 172 valence electrons. The molecule has 2 aromatic heterocycles. The van der Waals surface area contributed by atoms with Crippen LogP contribution >= 0.6 is 11.3 Å². The number of benzene rings is 1. The van der Waals surface area contributed by atoms with E-state index in [2.05, 4.69) is 48.3 Å².